The van der Waals surface area contributed by atoms with Crippen LogP contribution in [-0.2, 0) is 6.42 Å². The molecule has 0 aliphatic rings. The third-order valence-corrected chi connectivity index (χ3v) is 3.52. The standard InChI is InChI=1S/C17H18N2O/c1-12-4-7-14(8-5-12)17-15-11-13(3-2-10-18)6-9-16(15)19-20-17/h4-9,11H,2-3,10,18H2,1H3. The molecule has 2 N–H and O–H groups in total. The van der Waals surface area contributed by atoms with Crippen LogP contribution in [-0.4, -0.2) is 11.7 Å². The number of nitrogens with two attached hydrogens (primary N) is 1. The van der Waals surface area contributed by atoms with Gasteiger partial charge < -0.3 is 10.3 Å². The fourth-order valence-corrected chi connectivity index (χ4v) is 2.36. The molecule has 0 fully saturated rings. The van der Waals surface area contributed by atoms with Crippen LogP contribution < -0.4 is 5.73 Å². The van der Waals surface area contributed by atoms with Gasteiger partial charge in [0.05, 0.1) is 0 Å². The molecule has 1 aromatic heterocycles. The Hall–Kier alpha value is -2.13. The minimum Gasteiger partial charge on any atom is -0.355 e. The molecule has 1 heterocycles. The number of hydrogen-bond donors (Lipinski definition) is 1. The molecule has 3 nitrogen and oxygen atoms in total. The van der Waals surface area contributed by atoms with Gasteiger partial charge in [0.15, 0.2) is 5.76 Å². The topological polar surface area (TPSA) is 52.0 Å². The van der Waals surface area contributed by atoms with E-state index in [1.54, 1.807) is 0 Å². The van der Waals surface area contributed by atoms with Crippen molar-refractivity contribution in [3.8, 4) is 11.3 Å². The molecule has 0 saturated carbocycles. The summed E-state index contributed by atoms with van der Waals surface area (Å²) >= 11 is 0. The second-order valence-corrected chi connectivity index (χ2v) is 5.12. The third-order valence-electron chi connectivity index (χ3n) is 3.52. The lowest BCUT2D eigenvalue weighted by atomic mass is 10.0. The first-order valence-electron chi connectivity index (χ1n) is 6.93. The second kappa shape index (κ2) is 5.47. The first-order valence-corrected chi connectivity index (χ1v) is 6.93. The van der Waals surface area contributed by atoms with E-state index in [-0.39, 0.29) is 0 Å². The molecule has 0 atom stereocenters. The summed E-state index contributed by atoms with van der Waals surface area (Å²) in [5, 5.41) is 5.21. The lowest BCUT2D eigenvalue weighted by Gasteiger charge is -2.01. The van der Waals surface area contributed by atoms with E-state index in [9.17, 15) is 0 Å². The summed E-state index contributed by atoms with van der Waals surface area (Å²) in [5.41, 5.74) is 10.1. The molecular weight excluding hydrogens is 248 g/mol. The van der Waals surface area contributed by atoms with Crippen molar-refractivity contribution in [2.75, 3.05) is 6.54 Å². The van der Waals surface area contributed by atoms with Gasteiger partial charge in [0.1, 0.15) is 5.52 Å². The van der Waals surface area contributed by atoms with Crippen LogP contribution in [0.4, 0.5) is 0 Å². The van der Waals surface area contributed by atoms with Gasteiger partial charge in [0.2, 0.25) is 0 Å². The Morgan fingerprint density at radius 3 is 2.65 bits per heavy atom. The minimum atomic E-state index is 0.715. The molecule has 20 heavy (non-hydrogen) atoms. The van der Waals surface area contributed by atoms with Gasteiger partial charge in [-0.05, 0) is 44.0 Å². The Morgan fingerprint density at radius 1 is 1.10 bits per heavy atom. The van der Waals surface area contributed by atoms with Crippen molar-refractivity contribution in [2.45, 2.75) is 19.8 Å². The number of benzene rings is 2. The Morgan fingerprint density at radius 2 is 1.90 bits per heavy atom. The largest absolute Gasteiger partial charge is 0.355 e. The highest BCUT2D eigenvalue weighted by Gasteiger charge is 2.11. The van der Waals surface area contributed by atoms with Gasteiger partial charge in [-0.1, -0.05) is 41.1 Å². The number of nitrogens with zero attached hydrogens (tertiary/aromatic N) is 1. The van der Waals surface area contributed by atoms with Gasteiger partial charge in [-0.15, -0.1) is 0 Å². The molecule has 0 radical (unpaired) electrons. The van der Waals surface area contributed by atoms with Crippen molar-refractivity contribution in [1.29, 1.82) is 0 Å². The summed E-state index contributed by atoms with van der Waals surface area (Å²) in [4.78, 5) is 0. The van der Waals surface area contributed by atoms with Crippen molar-refractivity contribution >= 4 is 10.9 Å². The lowest BCUT2D eigenvalue weighted by Crippen LogP contribution is -2.00. The zero-order valence-electron chi connectivity index (χ0n) is 11.6. The molecule has 3 rings (SSSR count). The van der Waals surface area contributed by atoms with E-state index in [1.807, 2.05) is 6.07 Å². The summed E-state index contributed by atoms with van der Waals surface area (Å²) < 4.78 is 5.53. The van der Waals surface area contributed by atoms with Gasteiger partial charge in [0.25, 0.3) is 0 Å². The molecule has 0 aliphatic heterocycles. The molecule has 0 amide bonds. The molecule has 0 unspecified atom stereocenters. The van der Waals surface area contributed by atoms with Crippen molar-refractivity contribution in [2.24, 2.45) is 5.73 Å². The summed E-state index contributed by atoms with van der Waals surface area (Å²) in [6.45, 7) is 2.79. The fraction of sp³-hybridized carbons (Fsp3) is 0.235. The highest BCUT2D eigenvalue weighted by molar-refractivity contribution is 5.91. The Kier molecular flexibility index (Phi) is 3.52. The number of fused-ring (bicyclic) bond motifs is 1. The van der Waals surface area contributed by atoms with Crippen LogP contribution >= 0.6 is 0 Å². The quantitative estimate of drug-likeness (QED) is 0.783. The number of aryl methyl sites for hydroxylation is 2. The van der Waals surface area contributed by atoms with Crippen molar-refractivity contribution in [1.82, 2.24) is 5.16 Å². The summed E-state index contributed by atoms with van der Waals surface area (Å²) in [6, 6.07) is 14.6. The molecule has 2 aromatic carbocycles. The molecule has 0 aliphatic carbocycles. The zero-order valence-corrected chi connectivity index (χ0v) is 11.6. The molecule has 3 heteroatoms. The third kappa shape index (κ3) is 2.45. The maximum Gasteiger partial charge on any atom is 0.174 e. The van der Waals surface area contributed by atoms with Crippen molar-refractivity contribution in [3.63, 3.8) is 0 Å². The molecule has 102 valence electrons. The van der Waals surface area contributed by atoms with E-state index in [2.05, 4.69) is 48.5 Å². The van der Waals surface area contributed by atoms with Crippen molar-refractivity contribution < 1.29 is 4.52 Å². The highest BCUT2D eigenvalue weighted by Crippen LogP contribution is 2.29. The van der Waals surface area contributed by atoms with Gasteiger partial charge in [-0.2, -0.15) is 0 Å². The van der Waals surface area contributed by atoms with Crippen LogP contribution in [0.3, 0.4) is 0 Å². The van der Waals surface area contributed by atoms with E-state index in [1.165, 1.54) is 11.1 Å². The van der Waals surface area contributed by atoms with Crippen LogP contribution in [0, 0.1) is 6.92 Å². The first-order chi connectivity index (χ1) is 9.78. The Labute approximate surface area is 118 Å². The second-order valence-electron chi connectivity index (χ2n) is 5.12. The van der Waals surface area contributed by atoms with Crippen LogP contribution in [0.5, 0.6) is 0 Å². The Balaban J connectivity index is 2.04. The SMILES string of the molecule is Cc1ccc(-c2onc3ccc(CCCN)cc23)cc1. The number of hydrogen-bond acceptors (Lipinski definition) is 3. The van der Waals surface area contributed by atoms with Crippen LogP contribution in [0.2, 0.25) is 0 Å². The van der Waals surface area contributed by atoms with Gasteiger partial charge >= 0.3 is 0 Å². The van der Waals surface area contributed by atoms with Crippen molar-refractivity contribution in [3.05, 3.63) is 53.6 Å². The van der Waals surface area contributed by atoms with Crippen LogP contribution in [0.1, 0.15) is 17.5 Å². The predicted octanol–water partition coefficient (Wildman–Crippen LogP) is 3.69. The Bertz CT molecular complexity index is 713. The summed E-state index contributed by atoms with van der Waals surface area (Å²) in [5.74, 6) is 0.842. The smallest absolute Gasteiger partial charge is 0.174 e. The minimum absolute atomic E-state index is 0.715. The van der Waals surface area contributed by atoms with Crippen LogP contribution in [0.25, 0.3) is 22.2 Å². The molecule has 0 spiro atoms. The number of aromatic nitrogens is 1. The average Bonchev–Trinajstić information content (AvgIpc) is 2.89. The summed E-state index contributed by atoms with van der Waals surface area (Å²) in [6.07, 6.45) is 1.99. The van der Waals surface area contributed by atoms with E-state index in [4.69, 9.17) is 10.3 Å². The lowest BCUT2D eigenvalue weighted by molar-refractivity contribution is 0.441. The van der Waals surface area contributed by atoms with Crippen LogP contribution in [0.15, 0.2) is 47.0 Å². The normalized spacial score (nSPS) is 11.1. The molecule has 0 saturated heterocycles. The average molecular weight is 266 g/mol. The predicted molar refractivity (Wildman–Crippen MR) is 81.6 cm³/mol. The highest BCUT2D eigenvalue weighted by atomic mass is 16.5. The van der Waals surface area contributed by atoms with Gasteiger partial charge in [-0.3, -0.25) is 0 Å². The fourth-order valence-electron chi connectivity index (χ4n) is 2.36. The van der Waals surface area contributed by atoms with E-state index >= 15 is 0 Å². The first kappa shape index (κ1) is 12.9. The molecule has 0 bridgehead atoms. The summed E-state index contributed by atoms with van der Waals surface area (Å²) in [7, 11) is 0. The van der Waals surface area contributed by atoms with Gasteiger partial charge in [0, 0.05) is 10.9 Å². The van der Waals surface area contributed by atoms with E-state index in [0.717, 1.165) is 35.1 Å². The number of rotatable bonds is 4. The maximum atomic E-state index is 5.57. The maximum absolute atomic E-state index is 5.57. The van der Waals surface area contributed by atoms with Gasteiger partial charge in [-0.25, -0.2) is 0 Å². The molecular formula is C17H18N2O. The van der Waals surface area contributed by atoms with E-state index in [0.29, 0.717) is 6.54 Å². The molecule has 3 aromatic rings. The van der Waals surface area contributed by atoms with E-state index < -0.39 is 0 Å². The zero-order chi connectivity index (χ0) is 13.9. The monoisotopic (exact) mass is 266 g/mol.